The average molecular weight is 347 g/mol. The third kappa shape index (κ3) is 2.91. The zero-order chi connectivity index (χ0) is 15.1. The molecule has 20 heavy (non-hydrogen) atoms. The van der Waals surface area contributed by atoms with Crippen molar-refractivity contribution in [3.05, 3.63) is 33.8 Å². The van der Waals surface area contributed by atoms with Crippen LogP contribution in [0.4, 0.5) is 8.78 Å². The van der Waals surface area contributed by atoms with Crippen molar-refractivity contribution in [1.82, 2.24) is 0 Å². The van der Waals surface area contributed by atoms with Gasteiger partial charge in [-0.3, -0.25) is 0 Å². The Morgan fingerprint density at radius 2 is 1.75 bits per heavy atom. The summed E-state index contributed by atoms with van der Waals surface area (Å²) >= 11 is 3.06. The van der Waals surface area contributed by atoms with Crippen LogP contribution in [0.5, 0.6) is 0 Å². The van der Waals surface area contributed by atoms with Crippen molar-refractivity contribution in [3.8, 4) is 0 Å². The largest absolute Gasteiger partial charge is 0.385 e. The van der Waals surface area contributed by atoms with Crippen LogP contribution >= 0.6 is 15.9 Å². The number of hydrogen-bond donors (Lipinski definition) is 1. The molecule has 0 unspecified atom stereocenters. The first kappa shape index (κ1) is 15.9. The lowest BCUT2D eigenvalue weighted by Crippen LogP contribution is -2.36. The Kier molecular flexibility index (Phi) is 4.27. The average Bonchev–Trinajstić information content (AvgIpc) is 2.33. The summed E-state index contributed by atoms with van der Waals surface area (Å²) in [6, 6.07) is 2.54. The molecule has 1 aliphatic carbocycles. The number of rotatable bonds is 1. The van der Waals surface area contributed by atoms with Gasteiger partial charge in [0, 0.05) is 0 Å². The van der Waals surface area contributed by atoms with Gasteiger partial charge in [-0.15, -0.1) is 0 Å². The van der Waals surface area contributed by atoms with Crippen molar-refractivity contribution >= 4 is 15.9 Å². The minimum absolute atomic E-state index is 0.162. The third-order valence-corrected chi connectivity index (χ3v) is 5.16. The van der Waals surface area contributed by atoms with Crippen LogP contribution < -0.4 is 0 Å². The van der Waals surface area contributed by atoms with E-state index in [1.165, 1.54) is 12.1 Å². The molecule has 0 spiro atoms. The minimum atomic E-state index is -1.39. The SMILES string of the molecule is CC(C)(C)C1CCC(O)(c2c(F)ccc(Br)c2F)CC1. The van der Waals surface area contributed by atoms with Crippen LogP contribution in [-0.2, 0) is 5.60 Å². The van der Waals surface area contributed by atoms with E-state index in [-0.39, 0.29) is 15.5 Å². The quantitative estimate of drug-likeness (QED) is 0.697. The van der Waals surface area contributed by atoms with Gasteiger partial charge in [-0.2, -0.15) is 0 Å². The predicted molar refractivity (Wildman–Crippen MR) is 79.4 cm³/mol. The summed E-state index contributed by atoms with van der Waals surface area (Å²) in [6.07, 6.45) is 2.37. The first-order valence-electron chi connectivity index (χ1n) is 7.01. The van der Waals surface area contributed by atoms with Crippen LogP contribution in [0.25, 0.3) is 0 Å². The molecule has 1 nitrogen and oxygen atoms in total. The standard InChI is InChI=1S/C16H21BrF2O/c1-15(2,3)10-6-8-16(20,9-7-10)13-12(18)5-4-11(17)14(13)19/h4-5,10,20H,6-9H2,1-3H3. The Balaban J connectivity index is 2.29. The molecule has 0 saturated heterocycles. The topological polar surface area (TPSA) is 20.2 Å². The highest BCUT2D eigenvalue weighted by atomic mass is 79.9. The number of aliphatic hydroxyl groups is 1. The first-order chi connectivity index (χ1) is 9.15. The van der Waals surface area contributed by atoms with Gasteiger partial charge in [-0.25, -0.2) is 8.78 Å². The van der Waals surface area contributed by atoms with Crippen molar-refractivity contribution in [2.24, 2.45) is 11.3 Å². The fraction of sp³-hybridized carbons (Fsp3) is 0.625. The minimum Gasteiger partial charge on any atom is -0.385 e. The van der Waals surface area contributed by atoms with E-state index in [0.29, 0.717) is 18.8 Å². The van der Waals surface area contributed by atoms with E-state index in [1.807, 2.05) is 0 Å². The smallest absolute Gasteiger partial charge is 0.146 e. The molecule has 1 saturated carbocycles. The van der Waals surface area contributed by atoms with Gasteiger partial charge in [-0.05, 0) is 65.1 Å². The lowest BCUT2D eigenvalue weighted by atomic mass is 9.67. The summed E-state index contributed by atoms with van der Waals surface area (Å²) < 4.78 is 28.3. The zero-order valence-corrected chi connectivity index (χ0v) is 13.7. The second-order valence-corrected chi connectivity index (χ2v) is 7.74. The summed E-state index contributed by atoms with van der Waals surface area (Å²) in [5.74, 6) is -0.870. The zero-order valence-electron chi connectivity index (χ0n) is 12.1. The van der Waals surface area contributed by atoms with Crippen molar-refractivity contribution < 1.29 is 13.9 Å². The monoisotopic (exact) mass is 346 g/mol. The molecule has 0 radical (unpaired) electrons. The molecule has 1 N–H and O–H groups in total. The highest BCUT2D eigenvalue weighted by molar-refractivity contribution is 9.10. The van der Waals surface area contributed by atoms with Gasteiger partial charge in [0.15, 0.2) is 0 Å². The lowest BCUT2D eigenvalue weighted by molar-refractivity contribution is -0.0349. The van der Waals surface area contributed by atoms with E-state index in [4.69, 9.17) is 0 Å². The molecule has 0 aromatic heterocycles. The fourth-order valence-electron chi connectivity index (χ4n) is 3.17. The third-order valence-electron chi connectivity index (χ3n) is 4.55. The van der Waals surface area contributed by atoms with E-state index < -0.39 is 17.2 Å². The number of halogens is 3. The molecule has 4 heteroatoms. The molecular formula is C16H21BrF2O. The molecule has 2 rings (SSSR count). The molecule has 0 amide bonds. The van der Waals surface area contributed by atoms with E-state index in [0.717, 1.165) is 12.8 Å². The lowest BCUT2D eigenvalue weighted by Gasteiger charge is -2.41. The molecular weight excluding hydrogens is 326 g/mol. The van der Waals surface area contributed by atoms with Crippen molar-refractivity contribution in [1.29, 1.82) is 0 Å². The maximum Gasteiger partial charge on any atom is 0.146 e. The van der Waals surface area contributed by atoms with Crippen LogP contribution in [0.15, 0.2) is 16.6 Å². The second kappa shape index (κ2) is 5.38. The van der Waals surface area contributed by atoms with Crippen LogP contribution in [0.1, 0.15) is 52.0 Å². The van der Waals surface area contributed by atoms with Crippen LogP contribution in [0, 0.1) is 23.0 Å². The van der Waals surface area contributed by atoms with Crippen LogP contribution in [-0.4, -0.2) is 5.11 Å². The summed E-state index contributed by atoms with van der Waals surface area (Å²) in [7, 11) is 0. The molecule has 1 aromatic rings. The van der Waals surface area contributed by atoms with Gasteiger partial charge in [0.25, 0.3) is 0 Å². The van der Waals surface area contributed by atoms with E-state index in [1.54, 1.807) is 0 Å². The molecule has 112 valence electrons. The Labute approximate surface area is 127 Å². The van der Waals surface area contributed by atoms with E-state index in [9.17, 15) is 13.9 Å². The Hall–Kier alpha value is -0.480. The maximum absolute atomic E-state index is 14.2. The highest BCUT2D eigenvalue weighted by Crippen LogP contribution is 2.47. The first-order valence-corrected chi connectivity index (χ1v) is 7.81. The molecule has 1 aliphatic rings. The molecule has 0 atom stereocenters. The second-order valence-electron chi connectivity index (χ2n) is 6.89. The Morgan fingerprint density at radius 3 is 2.25 bits per heavy atom. The van der Waals surface area contributed by atoms with Gasteiger partial charge in [-0.1, -0.05) is 20.8 Å². The van der Waals surface area contributed by atoms with Crippen LogP contribution in [0.2, 0.25) is 0 Å². The van der Waals surface area contributed by atoms with Crippen molar-refractivity contribution in [3.63, 3.8) is 0 Å². The summed E-state index contributed by atoms with van der Waals surface area (Å²) in [5.41, 5.74) is -1.41. The van der Waals surface area contributed by atoms with Crippen LogP contribution in [0.3, 0.4) is 0 Å². The Morgan fingerprint density at radius 1 is 1.20 bits per heavy atom. The van der Waals surface area contributed by atoms with Gasteiger partial charge >= 0.3 is 0 Å². The van der Waals surface area contributed by atoms with E-state index >= 15 is 0 Å². The highest BCUT2D eigenvalue weighted by Gasteiger charge is 2.41. The Bertz CT molecular complexity index is 500. The molecule has 0 bridgehead atoms. The van der Waals surface area contributed by atoms with Gasteiger partial charge in [0.1, 0.15) is 11.6 Å². The molecule has 0 heterocycles. The summed E-state index contributed by atoms with van der Waals surface area (Å²) in [4.78, 5) is 0. The summed E-state index contributed by atoms with van der Waals surface area (Å²) in [5, 5.41) is 10.7. The number of benzene rings is 1. The molecule has 1 fully saturated rings. The van der Waals surface area contributed by atoms with E-state index in [2.05, 4.69) is 36.7 Å². The normalized spacial score (nSPS) is 27.6. The van der Waals surface area contributed by atoms with Gasteiger partial charge in [0.2, 0.25) is 0 Å². The van der Waals surface area contributed by atoms with Crippen molar-refractivity contribution in [2.45, 2.75) is 52.1 Å². The molecule has 0 aliphatic heterocycles. The molecule has 1 aromatic carbocycles. The van der Waals surface area contributed by atoms with Gasteiger partial charge < -0.3 is 5.11 Å². The number of hydrogen-bond acceptors (Lipinski definition) is 1. The summed E-state index contributed by atoms with van der Waals surface area (Å²) in [6.45, 7) is 6.51. The predicted octanol–water partition coefficient (Wildman–Crippen LogP) is 5.15. The fourth-order valence-corrected chi connectivity index (χ4v) is 3.50. The van der Waals surface area contributed by atoms with Gasteiger partial charge in [0.05, 0.1) is 15.6 Å². The van der Waals surface area contributed by atoms with Crippen molar-refractivity contribution in [2.75, 3.05) is 0 Å². The maximum atomic E-state index is 14.2.